The van der Waals surface area contributed by atoms with E-state index < -0.39 is 0 Å². The number of ether oxygens (including phenoxy) is 1. The van der Waals surface area contributed by atoms with Crippen LogP contribution in [0.25, 0.3) is 0 Å². The van der Waals surface area contributed by atoms with Gasteiger partial charge in [0.05, 0.1) is 12.7 Å². The number of halogens is 1. The highest BCUT2D eigenvalue weighted by Gasteiger charge is 2.06. The van der Waals surface area contributed by atoms with Crippen LogP contribution in [0.4, 0.5) is 0 Å². The lowest BCUT2D eigenvalue weighted by molar-refractivity contribution is -0.733. The first-order valence-corrected chi connectivity index (χ1v) is 7.24. The SMILES string of the molecule is CCOc1ccc(Cl)cc1C[NH2+]CC[NH2+]C[C@@H](C)O. The molecule has 19 heavy (non-hydrogen) atoms. The molecule has 1 aromatic rings. The summed E-state index contributed by atoms with van der Waals surface area (Å²) in [7, 11) is 0. The second-order valence-electron chi connectivity index (χ2n) is 4.63. The van der Waals surface area contributed by atoms with Crippen LogP contribution in [-0.4, -0.2) is 37.5 Å². The van der Waals surface area contributed by atoms with E-state index >= 15 is 0 Å². The normalized spacial score (nSPS) is 12.4. The summed E-state index contributed by atoms with van der Waals surface area (Å²) in [5.74, 6) is 0.913. The summed E-state index contributed by atoms with van der Waals surface area (Å²) in [6, 6.07) is 5.74. The van der Waals surface area contributed by atoms with Crippen LogP contribution >= 0.6 is 11.6 Å². The molecule has 0 bridgehead atoms. The van der Waals surface area contributed by atoms with Gasteiger partial charge in [0.1, 0.15) is 31.9 Å². The highest BCUT2D eigenvalue weighted by molar-refractivity contribution is 6.30. The van der Waals surface area contributed by atoms with Crippen molar-refractivity contribution in [3.05, 3.63) is 28.8 Å². The summed E-state index contributed by atoms with van der Waals surface area (Å²) in [4.78, 5) is 0. The monoisotopic (exact) mass is 288 g/mol. The van der Waals surface area contributed by atoms with E-state index in [0.717, 1.165) is 42.5 Å². The molecule has 0 saturated carbocycles. The van der Waals surface area contributed by atoms with Crippen LogP contribution < -0.4 is 15.4 Å². The number of hydrogen-bond donors (Lipinski definition) is 3. The Kier molecular flexibility index (Phi) is 7.82. The smallest absolute Gasteiger partial charge is 0.128 e. The summed E-state index contributed by atoms with van der Waals surface area (Å²) in [5.41, 5.74) is 1.13. The maximum Gasteiger partial charge on any atom is 0.128 e. The predicted molar refractivity (Wildman–Crippen MR) is 76.5 cm³/mol. The molecule has 0 radical (unpaired) electrons. The lowest BCUT2D eigenvalue weighted by Crippen LogP contribution is -2.95. The standard InChI is InChI=1S/C14H23ClN2O2/c1-3-19-14-5-4-13(15)8-12(14)10-17-7-6-16-9-11(2)18/h4-5,8,11,16-18H,3,6-7,9-10H2,1-2H3/p+2/t11-/m1/s1. The molecule has 0 spiro atoms. The number of benzene rings is 1. The average molecular weight is 289 g/mol. The van der Waals surface area contributed by atoms with E-state index in [2.05, 4.69) is 10.6 Å². The molecule has 0 aliphatic heterocycles. The maximum atomic E-state index is 9.14. The molecule has 0 aliphatic rings. The number of aliphatic hydroxyl groups excluding tert-OH is 1. The lowest BCUT2D eigenvalue weighted by atomic mass is 10.2. The Balaban J connectivity index is 2.33. The van der Waals surface area contributed by atoms with E-state index in [1.807, 2.05) is 25.1 Å². The van der Waals surface area contributed by atoms with Crippen LogP contribution in [0, 0.1) is 0 Å². The van der Waals surface area contributed by atoms with Gasteiger partial charge in [0, 0.05) is 10.6 Å². The highest BCUT2D eigenvalue weighted by Crippen LogP contribution is 2.21. The predicted octanol–water partition coefficient (Wildman–Crippen LogP) is -0.254. The van der Waals surface area contributed by atoms with Crippen molar-refractivity contribution < 1.29 is 20.5 Å². The fraction of sp³-hybridized carbons (Fsp3) is 0.571. The first-order chi connectivity index (χ1) is 9.13. The van der Waals surface area contributed by atoms with Crippen molar-refractivity contribution in [1.82, 2.24) is 0 Å². The minimum Gasteiger partial charge on any atom is -0.493 e. The van der Waals surface area contributed by atoms with Crippen molar-refractivity contribution in [3.8, 4) is 5.75 Å². The molecule has 0 aliphatic carbocycles. The van der Waals surface area contributed by atoms with E-state index in [0.29, 0.717) is 6.61 Å². The third kappa shape index (κ3) is 6.78. The van der Waals surface area contributed by atoms with E-state index in [4.69, 9.17) is 21.4 Å². The fourth-order valence-corrected chi connectivity index (χ4v) is 2.05. The molecule has 1 aromatic carbocycles. The molecule has 0 fully saturated rings. The first-order valence-electron chi connectivity index (χ1n) is 6.86. The summed E-state index contributed by atoms with van der Waals surface area (Å²) in [6.07, 6.45) is -0.238. The third-order valence-corrected chi connectivity index (χ3v) is 3.00. The Morgan fingerprint density at radius 2 is 2.05 bits per heavy atom. The van der Waals surface area contributed by atoms with Gasteiger partial charge < -0.3 is 20.5 Å². The second-order valence-corrected chi connectivity index (χ2v) is 5.07. The molecule has 5 heteroatoms. The van der Waals surface area contributed by atoms with Crippen molar-refractivity contribution >= 4 is 11.6 Å². The fourth-order valence-electron chi connectivity index (χ4n) is 1.86. The second kappa shape index (κ2) is 9.15. The zero-order valence-electron chi connectivity index (χ0n) is 11.7. The van der Waals surface area contributed by atoms with Gasteiger partial charge in [-0.3, -0.25) is 0 Å². The third-order valence-electron chi connectivity index (χ3n) is 2.77. The molecule has 0 heterocycles. The first kappa shape index (κ1) is 16.2. The molecule has 5 N–H and O–H groups in total. The van der Waals surface area contributed by atoms with Gasteiger partial charge in [-0.2, -0.15) is 0 Å². The minimum atomic E-state index is -0.238. The highest BCUT2D eigenvalue weighted by atomic mass is 35.5. The molecule has 1 rings (SSSR count). The van der Waals surface area contributed by atoms with Gasteiger partial charge in [0.2, 0.25) is 0 Å². The summed E-state index contributed by atoms with van der Waals surface area (Å²) >= 11 is 6.01. The Morgan fingerprint density at radius 3 is 2.74 bits per heavy atom. The Bertz CT molecular complexity index is 372. The Hall–Kier alpha value is -0.810. The van der Waals surface area contributed by atoms with Crippen molar-refractivity contribution in [2.45, 2.75) is 26.5 Å². The van der Waals surface area contributed by atoms with Crippen LogP contribution in [0.5, 0.6) is 5.75 Å². The van der Waals surface area contributed by atoms with Gasteiger partial charge >= 0.3 is 0 Å². The number of hydrogen-bond acceptors (Lipinski definition) is 2. The van der Waals surface area contributed by atoms with Crippen molar-refractivity contribution in [1.29, 1.82) is 0 Å². The van der Waals surface area contributed by atoms with Crippen LogP contribution in [0.15, 0.2) is 18.2 Å². The molecule has 108 valence electrons. The molecular formula is C14H25ClN2O2+2. The van der Waals surface area contributed by atoms with E-state index in [1.54, 1.807) is 6.92 Å². The molecular weight excluding hydrogens is 264 g/mol. The van der Waals surface area contributed by atoms with Gasteiger partial charge in [-0.1, -0.05) is 11.6 Å². The van der Waals surface area contributed by atoms with Gasteiger partial charge in [-0.25, -0.2) is 0 Å². The Morgan fingerprint density at radius 1 is 1.32 bits per heavy atom. The van der Waals surface area contributed by atoms with E-state index in [-0.39, 0.29) is 6.10 Å². The average Bonchev–Trinajstić information content (AvgIpc) is 2.36. The van der Waals surface area contributed by atoms with E-state index in [1.165, 1.54) is 0 Å². The topological polar surface area (TPSA) is 62.7 Å². The minimum absolute atomic E-state index is 0.238. The van der Waals surface area contributed by atoms with Gasteiger partial charge in [-0.15, -0.1) is 0 Å². The van der Waals surface area contributed by atoms with Gasteiger partial charge in [0.15, 0.2) is 0 Å². The zero-order valence-corrected chi connectivity index (χ0v) is 12.5. The number of quaternary nitrogens is 2. The van der Waals surface area contributed by atoms with Gasteiger partial charge in [-0.05, 0) is 32.0 Å². The molecule has 0 unspecified atom stereocenters. The lowest BCUT2D eigenvalue weighted by Gasteiger charge is -2.09. The van der Waals surface area contributed by atoms with Crippen molar-refractivity contribution in [2.24, 2.45) is 0 Å². The maximum absolute atomic E-state index is 9.14. The molecule has 0 aromatic heterocycles. The number of rotatable bonds is 9. The van der Waals surface area contributed by atoms with Crippen LogP contribution in [0.3, 0.4) is 0 Å². The van der Waals surface area contributed by atoms with Crippen LogP contribution in [0.2, 0.25) is 5.02 Å². The molecule has 0 amide bonds. The largest absolute Gasteiger partial charge is 0.493 e. The van der Waals surface area contributed by atoms with Crippen molar-refractivity contribution in [3.63, 3.8) is 0 Å². The number of aliphatic hydroxyl groups is 1. The van der Waals surface area contributed by atoms with Gasteiger partial charge in [0.25, 0.3) is 0 Å². The molecule has 0 saturated heterocycles. The molecule has 1 atom stereocenters. The molecule has 4 nitrogen and oxygen atoms in total. The summed E-state index contributed by atoms with van der Waals surface area (Å²) < 4.78 is 5.58. The quantitative estimate of drug-likeness (QED) is 0.549. The van der Waals surface area contributed by atoms with Crippen LogP contribution in [-0.2, 0) is 6.54 Å². The van der Waals surface area contributed by atoms with Crippen molar-refractivity contribution in [2.75, 3.05) is 26.2 Å². The number of nitrogens with two attached hydrogens (primary N) is 2. The summed E-state index contributed by atoms with van der Waals surface area (Å²) in [5, 5.41) is 14.2. The Labute approximate surface area is 120 Å². The van der Waals surface area contributed by atoms with Crippen LogP contribution in [0.1, 0.15) is 19.4 Å². The summed E-state index contributed by atoms with van der Waals surface area (Å²) in [6.45, 7) is 8.07. The van der Waals surface area contributed by atoms with E-state index in [9.17, 15) is 0 Å². The zero-order chi connectivity index (χ0) is 14.1.